The van der Waals surface area contributed by atoms with E-state index in [-0.39, 0.29) is 9.37 Å². The van der Waals surface area contributed by atoms with E-state index in [4.69, 9.17) is 9.79 Å². The Morgan fingerprint density at radius 2 is 1.59 bits per heavy atom. The maximum Gasteiger partial charge on any atom is 0.399 e. The Balaban J connectivity index is 2.03. The van der Waals surface area contributed by atoms with Crippen molar-refractivity contribution in [2.75, 3.05) is 6.26 Å². The molecule has 0 bridgehead atoms. The molecule has 0 aliphatic carbocycles. The molecule has 2 rings (SSSR count). The molecule has 2 N–H and O–H groups in total. The van der Waals surface area contributed by atoms with Crippen LogP contribution < -0.4 is 0 Å². The van der Waals surface area contributed by atoms with Crippen LogP contribution in [-0.2, 0) is 31.6 Å². The summed E-state index contributed by atoms with van der Waals surface area (Å²) in [5, 5.41) is 0. The average molecular weight is 501 g/mol. The van der Waals surface area contributed by atoms with Gasteiger partial charge in [0.25, 0.3) is 0 Å². The van der Waals surface area contributed by atoms with Crippen LogP contribution in [0, 0.1) is 0 Å². The molecule has 0 atom stereocenters. The van der Waals surface area contributed by atoms with Crippen LogP contribution in [0.5, 0.6) is 0 Å². The number of hydrogen-bond donors (Lipinski definition) is 2. The second-order valence-electron chi connectivity index (χ2n) is 5.81. The van der Waals surface area contributed by atoms with Gasteiger partial charge < -0.3 is 9.79 Å². The Morgan fingerprint density at radius 3 is 2.07 bits per heavy atom. The Labute approximate surface area is 168 Å². The highest BCUT2D eigenvalue weighted by Crippen LogP contribution is 2.60. The Hall–Kier alpha value is -0.770. The molecule has 5 nitrogen and oxygen atoms in total. The highest BCUT2D eigenvalue weighted by Gasteiger charge is 2.51. The van der Waals surface area contributed by atoms with Crippen molar-refractivity contribution in [2.24, 2.45) is 0 Å². The molecule has 0 unspecified atom stereocenters. The number of thioether (sulfide) groups is 1. The minimum Gasteiger partial charge on any atom is -0.320 e. The van der Waals surface area contributed by atoms with Gasteiger partial charge in [-0.1, -0.05) is 40.2 Å². The zero-order valence-corrected chi connectivity index (χ0v) is 18.1. The molecule has 2 aromatic rings. The molecule has 0 radical (unpaired) electrons. The number of rotatable bonds is 7. The molecule has 0 amide bonds. The third-order valence-corrected chi connectivity index (χ3v) is 7.44. The lowest BCUT2D eigenvalue weighted by atomic mass is 10.1. The zero-order chi connectivity index (χ0) is 20.5. The summed E-state index contributed by atoms with van der Waals surface area (Å²) in [6.07, 6.45) is 1.13. The Bertz CT molecular complexity index is 975. The van der Waals surface area contributed by atoms with Crippen molar-refractivity contribution in [1.82, 2.24) is 0 Å². The lowest BCUT2D eigenvalue weighted by molar-refractivity contribution is 0.0557. The Kier molecular flexibility index (Phi) is 6.93. The van der Waals surface area contributed by atoms with Crippen molar-refractivity contribution in [3.8, 4) is 0 Å². The van der Waals surface area contributed by atoms with Gasteiger partial charge in [0, 0.05) is 27.8 Å². The van der Waals surface area contributed by atoms with Gasteiger partial charge in [-0.05, 0) is 29.3 Å². The summed E-state index contributed by atoms with van der Waals surface area (Å²) in [6, 6.07) is 10.3. The molecule has 0 aromatic heterocycles. The summed E-state index contributed by atoms with van der Waals surface area (Å²) in [5.74, 6) is 1.07. The van der Waals surface area contributed by atoms with Crippen molar-refractivity contribution in [3.63, 3.8) is 0 Å². The first-order valence-corrected chi connectivity index (χ1v) is 12.9. The molecule has 148 valence electrons. The molecule has 0 fully saturated rings. The van der Waals surface area contributed by atoms with Crippen molar-refractivity contribution >= 4 is 45.1 Å². The van der Waals surface area contributed by atoms with Gasteiger partial charge in [-0.25, -0.2) is 8.42 Å². The minimum atomic E-state index is -5.62. The highest BCUT2D eigenvalue weighted by molar-refractivity contribution is 9.10. The van der Waals surface area contributed by atoms with Crippen molar-refractivity contribution in [1.29, 1.82) is 0 Å². The van der Waals surface area contributed by atoms with Gasteiger partial charge >= 0.3 is 13.3 Å². The summed E-state index contributed by atoms with van der Waals surface area (Å²) < 4.78 is 61.4. The molecular weight excluding hydrogens is 485 g/mol. The van der Waals surface area contributed by atoms with E-state index in [2.05, 4.69) is 15.9 Å². The van der Waals surface area contributed by atoms with E-state index < -0.39 is 28.7 Å². The topological polar surface area (TPSA) is 91.7 Å². The highest BCUT2D eigenvalue weighted by atomic mass is 79.9. The predicted molar refractivity (Wildman–Crippen MR) is 105 cm³/mol. The van der Waals surface area contributed by atoms with Crippen molar-refractivity contribution < 1.29 is 31.6 Å². The maximum atomic E-state index is 13.8. The van der Waals surface area contributed by atoms with Gasteiger partial charge in [0.1, 0.15) is 0 Å². The molecule has 0 saturated heterocycles. The van der Waals surface area contributed by atoms with Gasteiger partial charge in [-0.15, -0.1) is 0 Å². The zero-order valence-electron chi connectivity index (χ0n) is 14.0. The molecule has 2 aromatic carbocycles. The van der Waals surface area contributed by atoms with Crippen LogP contribution in [-0.4, -0.2) is 24.5 Å². The molecule has 0 saturated carbocycles. The summed E-state index contributed by atoms with van der Waals surface area (Å²) >= 11 is 4.44. The van der Waals surface area contributed by atoms with Crippen LogP contribution >= 0.6 is 35.3 Å². The number of halogens is 3. The first kappa shape index (κ1) is 22.5. The fourth-order valence-corrected chi connectivity index (χ4v) is 5.08. The van der Waals surface area contributed by atoms with E-state index in [0.717, 1.165) is 17.9 Å². The second-order valence-corrected chi connectivity index (χ2v) is 11.3. The molecule has 0 heterocycles. The summed E-state index contributed by atoms with van der Waals surface area (Å²) in [7, 11) is -8.86. The average Bonchev–Trinajstić information content (AvgIpc) is 2.53. The molecule has 0 spiro atoms. The van der Waals surface area contributed by atoms with Crippen LogP contribution in [0.15, 0.2) is 51.8 Å². The number of benzene rings is 2. The van der Waals surface area contributed by atoms with E-state index in [1.54, 1.807) is 12.1 Å². The minimum absolute atomic E-state index is 0.0774. The SMILES string of the molecule is CS(=O)(=O)c1ccc(CSCc2ccc(C(F)(F)P(=O)(O)O)c(Br)c2)cc1. The fourth-order valence-electron chi connectivity index (χ4n) is 2.17. The first-order chi connectivity index (χ1) is 12.3. The van der Waals surface area contributed by atoms with Crippen LogP contribution in [0.3, 0.4) is 0 Å². The van der Waals surface area contributed by atoms with E-state index in [9.17, 15) is 21.8 Å². The summed E-state index contributed by atoms with van der Waals surface area (Å²) in [5.41, 5.74) is -3.42. The maximum absolute atomic E-state index is 13.8. The fraction of sp³-hybridized carbons (Fsp3) is 0.250. The number of hydrogen-bond acceptors (Lipinski definition) is 4. The molecular formula is C16H16BrF2O5PS2. The summed E-state index contributed by atoms with van der Waals surface area (Å²) in [4.78, 5) is 17.9. The number of sulfone groups is 1. The van der Waals surface area contributed by atoms with Crippen LogP contribution in [0.1, 0.15) is 16.7 Å². The largest absolute Gasteiger partial charge is 0.399 e. The smallest absolute Gasteiger partial charge is 0.320 e. The first-order valence-electron chi connectivity index (χ1n) is 7.41. The normalized spacial score (nSPS) is 13.0. The van der Waals surface area contributed by atoms with Gasteiger partial charge in [0.05, 0.1) is 4.90 Å². The van der Waals surface area contributed by atoms with E-state index in [1.165, 1.54) is 36.0 Å². The quantitative estimate of drug-likeness (QED) is 0.543. The predicted octanol–water partition coefficient (Wildman–Crippen LogP) is 4.51. The van der Waals surface area contributed by atoms with Gasteiger partial charge in [0.15, 0.2) is 9.84 Å². The van der Waals surface area contributed by atoms with Gasteiger partial charge in [-0.3, -0.25) is 4.57 Å². The second kappa shape index (κ2) is 8.31. The third-order valence-electron chi connectivity index (χ3n) is 3.61. The van der Waals surface area contributed by atoms with E-state index >= 15 is 0 Å². The van der Waals surface area contributed by atoms with Crippen LogP contribution in [0.2, 0.25) is 0 Å². The van der Waals surface area contributed by atoms with E-state index in [0.29, 0.717) is 17.1 Å². The molecule has 0 aliphatic heterocycles. The van der Waals surface area contributed by atoms with Crippen molar-refractivity contribution in [3.05, 3.63) is 63.6 Å². The van der Waals surface area contributed by atoms with Crippen molar-refractivity contribution in [2.45, 2.75) is 22.1 Å². The van der Waals surface area contributed by atoms with Crippen LogP contribution in [0.25, 0.3) is 0 Å². The van der Waals surface area contributed by atoms with Gasteiger partial charge in [0.2, 0.25) is 0 Å². The Morgan fingerprint density at radius 1 is 1.07 bits per heavy atom. The lowest BCUT2D eigenvalue weighted by Crippen LogP contribution is -2.14. The van der Waals surface area contributed by atoms with Crippen LogP contribution in [0.4, 0.5) is 8.78 Å². The van der Waals surface area contributed by atoms with E-state index in [1.807, 2.05) is 0 Å². The summed E-state index contributed by atoms with van der Waals surface area (Å²) in [6.45, 7) is 0. The molecule has 11 heteroatoms. The standard InChI is InChI=1S/C16H16BrF2O5PS2/c1-27(23,24)13-5-2-11(3-6-13)9-26-10-12-4-7-14(15(17)8-12)16(18,19)25(20,21)22/h2-8H,9-10H2,1H3,(H2,20,21,22). The number of alkyl halides is 2. The lowest BCUT2D eigenvalue weighted by Gasteiger charge is -2.19. The van der Waals surface area contributed by atoms with Gasteiger partial charge in [-0.2, -0.15) is 20.5 Å². The molecule has 0 aliphatic rings. The third kappa shape index (κ3) is 5.62. The monoisotopic (exact) mass is 500 g/mol. The molecule has 27 heavy (non-hydrogen) atoms.